The van der Waals surface area contributed by atoms with Crippen molar-refractivity contribution in [2.45, 2.75) is 18.5 Å². The van der Waals surface area contributed by atoms with Crippen LogP contribution in [0.15, 0.2) is 186 Å². The maximum Gasteiger partial charge on any atom is 0.160 e. The van der Waals surface area contributed by atoms with Gasteiger partial charge >= 0.3 is 0 Å². The molecule has 0 fully saturated rings. The maximum atomic E-state index is 5.41. The molecular formula is C53H35N3S2. The van der Waals surface area contributed by atoms with Gasteiger partial charge in [-0.3, -0.25) is 0 Å². The number of hydrogen-bond donors (Lipinski definition) is 1. The summed E-state index contributed by atoms with van der Waals surface area (Å²) in [5.74, 6) is 1.90. The Labute approximate surface area is 343 Å². The molecule has 0 spiro atoms. The van der Waals surface area contributed by atoms with Gasteiger partial charge in [-0.25, -0.2) is 9.98 Å². The minimum Gasteiger partial charge on any atom is -0.344 e. The van der Waals surface area contributed by atoms with Crippen LogP contribution in [-0.4, -0.2) is 17.8 Å². The van der Waals surface area contributed by atoms with E-state index in [1.165, 1.54) is 89.7 Å². The number of amidine groups is 2. The van der Waals surface area contributed by atoms with Crippen LogP contribution in [-0.2, 0) is 0 Å². The summed E-state index contributed by atoms with van der Waals surface area (Å²) in [4.78, 5) is 10.8. The van der Waals surface area contributed by atoms with Crippen molar-refractivity contribution in [3.05, 3.63) is 198 Å². The lowest BCUT2D eigenvalue weighted by molar-refractivity contribution is 0.702. The topological polar surface area (TPSA) is 36.8 Å². The second kappa shape index (κ2) is 13.2. The molecule has 3 heterocycles. The van der Waals surface area contributed by atoms with Crippen LogP contribution >= 0.6 is 22.7 Å². The quantitative estimate of drug-likeness (QED) is 0.132. The van der Waals surface area contributed by atoms with E-state index in [0.717, 1.165) is 29.2 Å². The Kier molecular flexibility index (Phi) is 7.62. The average Bonchev–Trinajstić information content (AvgIpc) is 4.02. The van der Waals surface area contributed by atoms with Crippen LogP contribution < -0.4 is 5.32 Å². The molecule has 0 saturated heterocycles. The lowest BCUT2D eigenvalue weighted by Gasteiger charge is -2.25. The van der Waals surface area contributed by atoms with Gasteiger partial charge in [-0.1, -0.05) is 128 Å². The van der Waals surface area contributed by atoms with Gasteiger partial charge in [0.1, 0.15) is 12.0 Å². The van der Waals surface area contributed by atoms with Crippen LogP contribution in [0.2, 0.25) is 0 Å². The summed E-state index contributed by atoms with van der Waals surface area (Å²) >= 11 is 3.67. The van der Waals surface area contributed by atoms with Crippen LogP contribution in [0.1, 0.15) is 34.6 Å². The molecular weight excluding hydrogens is 743 g/mol. The zero-order valence-corrected chi connectivity index (χ0v) is 33.1. The van der Waals surface area contributed by atoms with E-state index in [4.69, 9.17) is 9.98 Å². The molecule has 7 aromatic carbocycles. The number of aliphatic imine (C=N–C) groups is 2. The van der Waals surface area contributed by atoms with E-state index in [1.807, 2.05) is 22.7 Å². The molecule has 0 radical (unpaired) electrons. The fraction of sp³-hybridized carbons (Fsp3) is 0.0566. The molecule has 58 heavy (non-hydrogen) atoms. The third-order valence-electron chi connectivity index (χ3n) is 11.9. The number of allylic oxidation sites excluding steroid dienone is 7. The maximum absolute atomic E-state index is 5.41. The summed E-state index contributed by atoms with van der Waals surface area (Å²) in [7, 11) is 0. The molecule has 1 N–H and O–H groups in total. The van der Waals surface area contributed by atoms with Crippen molar-refractivity contribution in [1.82, 2.24) is 5.32 Å². The molecule has 5 heteroatoms. The molecule has 3 aliphatic rings. The highest BCUT2D eigenvalue weighted by Gasteiger charge is 2.26. The molecule has 9 aromatic rings. The largest absolute Gasteiger partial charge is 0.344 e. The van der Waals surface area contributed by atoms with Gasteiger partial charge in [0.05, 0.1) is 0 Å². The van der Waals surface area contributed by atoms with E-state index in [1.54, 1.807) is 0 Å². The van der Waals surface area contributed by atoms with E-state index in [0.29, 0.717) is 5.92 Å². The first-order valence-electron chi connectivity index (χ1n) is 19.8. The Hall–Kier alpha value is -6.66. The number of nitrogens with one attached hydrogen (secondary N) is 1. The monoisotopic (exact) mass is 777 g/mol. The Balaban J connectivity index is 1.06. The van der Waals surface area contributed by atoms with Gasteiger partial charge in [-0.05, 0) is 104 Å². The van der Waals surface area contributed by atoms with Crippen molar-refractivity contribution in [2.75, 3.05) is 0 Å². The van der Waals surface area contributed by atoms with E-state index in [2.05, 4.69) is 182 Å². The summed E-state index contributed by atoms with van der Waals surface area (Å²) in [6.07, 6.45) is 17.9. The molecule has 274 valence electrons. The number of nitrogens with zero attached hydrogens (tertiary/aromatic N) is 2. The SMILES string of the molecule is C=Cc1c(-c2ccc3sc4cccc(C5=NC(C6=CC=CC=CC6)NC(c6ccc7sc8ccccc8c7c6)=N5)c4c3c2)cc2c(ccc3ccccc32)c1C1C=C1. The third-order valence-corrected chi connectivity index (χ3v) is 14.2. The van der Waals surface area contributed by atoms with Crippen molar-refractivity contribution < 1.29 is 0 Å². The summed E-state index contributed by atoms with van der Waals surface area (Å²) in [5, 5.41) is 13.8. The Morgan fingerprint density at radius 3 is 2.29 bits per heavy atom. The van der Waals surface area contributed by atoms with Crippen molar-refractivity contribution in [1.29, 1.82) is 0 Å². The lowest BCUT2D eigenvalue weighted by Crippen LogP contribution is -2.40. The molecule has 0 saturated carbocycles. The first-order chi connectivity index (χ1) is 28.7. The second-order valence-electron chi connectivity index (χ2n) is 15.3. The lowest BCUT2D eigenvalue weighted by atomic mass is 9.86. The van der Waals surface area contributed by atoms with Crippen molar-refractivity contribution >= 4 is 102 Å². The van der Waals surface area contributed by atoms with Gasteiger partial charge in [-0.2, -0.15) is 0 Å². The summed E-state index contributed by atoms with van der Waals surface area (Å²) in [6.45, 7) is 4.37. The average molecular weight is 778 g/mol. The minimum atomic E-state index is -0.266. The van der Waals surface area contributed by atoms with Crippen LogP contribution in [0.4, 0.5) is 0 Å². The number of hydrogen-bond acceptors (Lipinski definition) is 5. The Morgan fingerprint density at radius 1 is 0.621 bits per heavy atom. The standard InChI is InChI=1S/C53H35N3S2/c1-2-36-41(30-42-37-15-8-7-12-31(37)22-25-39(42)49(36)32-20-21-32)34-23-26-47-44(28-34)50-40(17-11-19-48(50)58-47)53-55-51(33-13-5-3-4-6-14-33)54-52(56-53)35-24-27-46-43(29-35)38-16-9-10-18-45(38)57-46/h2-13,15-30,32,51H,1,14H2,(H,54,55,56). The van der Waals surface area contributed by atoms with Crippen LogP contribution in [0.25, 0.3) is 79.1 Å². The van der Waals surface area contributed by atoms with Crippen LogP contribution in [0, 0.1) is 0 Å². The number of rotatable bonds is 6. The molecule has 0 amide bonds. The van der Waals surface area contributed by atoms with E-state index in [-0.39, 0.29) is 6.17 Å². The zero-order chi connectivity index (χ0) is 38.3. The van der Waals surface area contributed by atoms with Gasteiger partial charge in [0.25, 0.3) is 0 Å². The van der Waals surface area contributed by atoms with Crippen LogP contribution in [0.3, 0.4) is 0 Å². The fourth-order valence-corrected chi connectivity index (χ4v) is 11.2. The van der Waals surface area contributed by atoms with Crippen molar-refractivity contribution in [2.24, 2.45) is 9.98 Å². The molecule has 12 rings (SSSR count). The molecule has 0 bridgehead atoms. The number of fused-ring (bicyclic) bond motifs is 9. The Morgan fingerprint density at radius 2 is 1.40 bits per heavy atom. The highest BCUT2D eigenvalue weighted by atomic mass is 32.1. The predicted molar refractivity (Wildman–Crippen MR) is 252 cm³/mol. The summed E-state index contributed by atoms with van der Waals surface area (Å²) < 4.78 is 5.04. The molecule has 1 atom stereocenters. The molecule has 1 unspecified atom stereocenters. The van der Waals surface area contributed by atoms with Crippen molar-refractivity contribution in [3.63, 3.8) is 0 Å². The second-order valence-corrected chi connectivity index (χ2v) is 17.4. The fourth-order valence-electron chi connectivity index (χ4n) is 9.02. The summed E-state index contributed by atoms with van der Waals surface area (Å²) in [5.41, 5.74) is 8.23. The van der Waals surface area contributed by atoms with E-state index >= 15 is 0 Å². The first kappa shape index (κ1) is 33.5. The molecule has 3 nitrogen and oxygen atoms in total. The highest BCUT2D eigenvalue weighted by molar-refractivity contribution is 7.26. The van der Waals surface area contributed by atoms with Crippen LogP contribution in [0.5, 0.6) is 0 Å². The molecule has 1 aliphatic heterocycles. The van der Waals surface area contributed by atoms with Gasteiger partial charge < -0.3 is 5.32 Å². The summed E-state index contributed by atoms with van der Waals surface area (Å²) in [6, 6.07) is 44.6. The van der Waals surface area contributed by atoms with Gasteiger partial charge in [0.15, 0.2) is 5.84 Å². The Bertz CT molecular complexity index is 3430. The minimum absolute atomic E-state index is 0.266. The molecule has 2 aromatic heterocycles. The molecule has 2 aliphatic carbocycles. The number of thiophene rings is 2. The van der Waals surface area contributed by atoms with Gasteiger partial charge in [0, 0.05) is 57.4 Å². The smallest absolute Gasteiger partial charge is 0.160 e. The third kappa shape index (κ3) is 5.38. The zero-order valence-electron chi connectivity index (χ0n) is 31.4. The predicted octanol–water partition coefficient (Wildman–Crippen LogP) is 14.3. The van der Waals surface area contributed by atoms with Gasteiger partial charge in [-0.15, -0.1) is 22.7 Å². The number of benzene rings is 7. The highest BCUT2D eigenvalue weighted by Crippen LogP contribution is 2.46. The van der Waals surface area contributed by atoms with E-state index < -0.39 is 0 Å². The normalized spacial score (nSPS) is 16.6. The van der Waals surface area contributed by atoms with Crippen molar-refractivity contribution in [3.8, 4) is 11.1 Å². The first-order valence-corrected chi connectivity index (χ1v) is 21.4. The van der Waals surface area contributed by atoms with E-state index in [9.17, 15) is 0 Å². The van der Waals surface area contributed by atoms with Gasteiger partial charge in [0.2, 0.25) is 0 Å².